The van der Waals surface area contributed by atoms with Crippen LogP contribution in [0.25, 0.3) is 0 Å². The van der Waals surface area contributed by atoms with Crippen molar-refractivity contribution in [3.8, 4) is 0 Å². The Morgan fingerprint density at radius 2 is 1.34 bits per heavy atom. The molecule has 0 saturated carbocycles. The van der Waals surface area contributed by atoms with Crippen LogP contribution >= 0.6 is 0 Å². The smallest absolute Gasteiger partial charge is 0.460 e. The number of piperidine rings is 1. The number of likely N-dealkylation sites (tertiary alicyclic amines) is 1. The summed E-state index contributed by atoms with van der Waals surface area (Å²) < 4.78 is 194. The van der Waals surface area contributed by atoms with Crippen molar-refractivity contribution in [2.45, 2.75) is 101 Å². The zero-order chi connectivity index (χ0) is 39.6. The Hall–Kier alpha value is -3.72. The number of carboxylic acids is 2. The third-order valence-corrected chi connectivity index (χ3v) is 9.92. The Balaban J connectivity index is 3.78. The van der Waals surface area contributed by atoms with Crippen molar-refractivity contribution in [2.75, 3.05) is 6.54 Å². The predicted molar refractivity (Wildman–Crippen MR) is 143 cm³/mol. The van der Waals surface area contributed by atoms with Crippen molar-refractivity contribution in [1.29, 1.82) is 0 Å². The minimum atomic E-state index is -8.46. The van der Waals surface area contributed by atoms with Crippen LogP contribution in [-0.2, 0) is 14.4 Å². The molecular weight excluding hydrogens is 723 g/mol. The lowest BCUT2D eigenvalue weighted by Gasteiger charge is -2.69. The van der Waals surface area contributed by atoms with Gasteiger partial charge in [-0.15, -0.1) is 0 Å². The summed E-state index contributed by atoms with van der Waals surface area (Å²) in [5.74, 6) is -36.6. The van der Waals surface area contributed by atoms with E-state index >= 15 is 22.0 Å². The van der Waals surface area contributed by atoms with Gasteiger partial charge < -0.3 is 10.2 Å². The van der Waals surface area contributed by atoms with Crippen LogP contribution in [-0.4, -0.2) is 91.7 Å². The molecule has 1 aliphatic heterocycles. The summed E-state index contributed by atoms with van der Waals surface area (Å²) in [4.78, 5) is 50.7. The van der Waals surface area contributed by atoms with E-state index in [9.17, 15) is 69.8 Å². The van der Waals surface area contributed by atoms with Gasteiger partial charge in [0.1, 0.15) is 10.8 Å². The minimum absolute atomic E-state index is 0.00462. The van der Waals surface area contributed by atoms with Crippen molar-refractivity contribution in [3.63, 3.8) is 0 Å². The Kier molecular flexibility index (Phi) is 10.6. The molecule has 0 aromatic heterocycles. The standard InChI is InChI=1S/C28H29F13N2O7/c1-6-11-42-13(3)22(19(47)48,23(29,25(32,33)27(36,37)38)24(30,31)26(34,35)28(39,40)41)17(15-9-8-10-16(12-15)43(49)50)21(7-2,18(45)46)20(42,5)14(4)44/h8-10,12-13,17H,6-7,11H2,1-5H3,(H,45,46)(H,47,48). The van der Waals surface area contributed by atoms with Crippen molar-refractivity contribution in [2.24, 2.45) is 10.8 Å². The van der Waals surface area contributed by atoms with Crippen LogP contribution in [0.1, 0.15) is 58.9 Å². The highest BCUT2D eigenvalue weighted by Crippen LogP contribution is 2.75. The number of hydrogen-bond acceptors (Lipinski definition) is 6. The van der Waals surface area contributed by atoms with Crippen LogP contribution in [0.5, 0.6) is 0 Å². The first kappa shape index (κ1) is 42.4. The molecule has 6 unspecified atom stereocenters. The number of ketones is 1. The molecule has 0 aliphatic carbocycles. The fraction of sp³-hybridized carbons (Fsp3) is 0.679. The number of hydrogen-bond donors (Lipinski definition) is 2. The van der Waals surface area contributed by atoms with Gasteiger partial charge in [0.15, 0.2) is 5.78 Å². The zero-order valence-electron chi connectivity index (χ0n) is 26.3. The average molecular weight is 753 g/mol. The molecule has 50 heavy (non-hydrogen) atoms. The molecule has 2 rings (SSSR count). The summed E-state index contributed by atoms with van der Waals surface area (Å²) in [7, 11) is 0. The molecule has 22 heteroatoms. The number of Topliss-reactive ketones (excluding diaryl/α,β-unsaturated/α-hetero) is 1. The van der Waals surface area contributed by atoms with Crippen LogP contribution in [0.2, 0.25) is 0 Å². The quantitative estimate of drug-likeness (QED) is 0.128. The number of alkyl halides is 13. The van der Waals surface area contributed by atoms with Gasteiger partial charge in [0, 0.05) is 24.1 Å². The monoisotopic (exact) mass is 752 g/mol. The largest absolute Gasteiger partial charge is 0.481 e. The molecule has 1 heterocycles. The van der Waals surface area contributed by atoms with E-state index in [0.717, 1.165) is 6.92 Å². The predicted octanol–water partition coefficient (Wildman–Crippen LogP) is 7.43. The average Bonchev–Trinajstić information content (AvgIpc) is 2.96. The second-order valence-electron chi connectivity index (χ2n) is 12.0. The molecule has 1 aliphatic rings. The Morgan fingerprint density at radius 1 is 0.860 bits per heavy atom. The first-order chi connectivity index (χ1) is 22.3. The Labute approximate surface area is 273 Å². The maximum atomic E-state index is 17.7. The van der Waals surface area contributed by atoms with E-state index in [2.05, 4.69) is 0 Å². The molecule has 2 N–H and O–H groups in total. The molecule has 1 fully saturated rings. The van der Waals surface area contributed by atoms with Crippen molar-refractivity contribution in [1.82, 2.24) is 4.90 Å². The minimum Gasteiger partial charge on any atom is -0.481 e. The van der Waals surface area contributed by atoms with Gasteiger partial charge in [-0.3, -0.25) is 29.4 Å². The van der Waals surface area contributed by atoms with Gasteiger partial charge in [0.2, 0.25) is 0 Å². The molecular formula is C28H29F13N2O7. The molecule has 9 nitrogen and oxygen atoms in total. The van der Waals surface area contributed by atoms with E-state index in [-0.39, 0.29) is 24.0 Å². The van der Waals surface area contributed by atoms with Gasteiger partial charge in [0.25, 0.3) is 11.4 Å². The van der Waals surface area contributed by atoms with E-state index < -0.39 is 117 Å². The highest BCUT2D eigenvalue weighted by Gasteiger charge is 2.98. The van der Waals surface area contributed by atoms with Gasteiger partial charge >= 0.3 is 42.1 Å². The summed E-state index contributed by atoms with van der Waals surface area (Å²) in [6, 6.07) is -2.19. The summed E-state index contributed by atoms with van der Waals surface area (Å²) in [5.41, 5.74) is -23.6. The van der Waals surface area contributed by atoms with E-state index in [0.29, 0.717) is 32.9 Å². The maximum absolute atomic E-state index is 17.7. The normalized spacial score (nSPS) is 28.5. The Morgan fingerprint density at radius 3 is 1.68 bits per heavy atom. The van der Waals surface area contributed by atoms with Crippen molar-refractivity contribution in [3.05, 3.63) is 39.9 Å². The third-order valence-electron chi connectivity index (χ3n) is 9.92. The number of non-ortho nitro benzene ring substituents is 1. The topological polar surface area (TPSA) is 138 Å². The van der Waals surface area contributed by atoms with E-state index in [1.807, 2.05) is 0 Å². The number of carbonyl (C=O) groups is 3. The molecule has 1 aromatic rings. The molecule has 1 aromatic carbocycles. The van der Waals surface area contributed by atoms with Gasteiger partial charge in [-0.25, -0.2) is 4.39 Å². The number of nitro groups is 1. The SMILES string of the molecule is CCCN1C(C)C(C(=O)O)(C(F)(C(F)(F)C(F)(F)F)C(F)(F)C(F)(F)C(F)(F)F)C(c2cccc([N+](=O)[O-])c2)C(CC)(C(=O)O)C1(C)C(C)=O. The summed E-state index contributed by atoms with van der Waals surface area (Å²) in [6.07, 6.45) is -17.7. The lowest BCUT2D eigenvalue weighted by atomic mass is 9.40. The second-order valence-corrected chi connectivity index (χ2v) is 12.0. The molecule has 6 atom stereocenters. The third kappa shape index (κ3) is 4.96. The fourth-order valence-electron chi connectivity index (χ4n) is 7.61. The van der Waals surface area contributed by atoms with Crippen LogP contribution in [0, 0.1) is 20.9 Å². The molecule has 0 spiro atoms. The molecule has 284 valence electrons. The van der Waals surface area contributed by atoms with Gasteiger partial charge in [-0.1, -0.05) is 26.0 Å². The number of nitro benzene ring substituents is 1. The van der Waals surface area contributed by atoms with Gasteiger partial charge in [-0.2, -0.15) is 52.7 Å². The number of halogens is 13. The molecule has 0 bridgehead atoms. The number of rotatable bonds is 12. The highest BCUT2D eigenvalue weighted by atomic mass is 19.4. The lowest BCUT2D eigenvalue weighted by Crippen LogP contribution is -2.88. The van der Waals surface area contributed by atoms with Gasteiger partial charge in [0.05, 0.1) is 10.5 Å². The first-order valence-electron chi connectivity index (χ1n) is 14.2. The van der Waals surface area contributed by atoms with E-state index in [1.165, 1.54) is 0 Å². The number of nitrogens with zero attached hydrogens (tertiary/aromatic N) is 2. The summed E-state index contributed by atoms with van der Waals surface area (Å²) >= 11 is 0. The fourth-order valence-corrected chi connectivity index (χ4v) is 7.61. The molecule has 1 saturated heterocycles. The van der Waals surface area contributed by atoms with Crippen LogP contribution in [0.15, 0.2) is 24.3 Å². The first-order valence-corrected chi connectivity index (χ1v) is 14.2. The van der Waals surface area contributed by atoms with E-state index in [4.69, 9.17) is 0 Å². The van der Waals surface area contributed by atoms with E-state index in [1.54, 1.807) is 0 Å². The Bertz CT molecular complexity index is 1540. The number of aliphatic carboxylic acids is 2. The number of carbonyl (C=O) groups excluding carboxylic acids is 1. The van der Waals surface area contributed by atoms with Gasteiger partial charge in [-0.05, 0) is 45.7 Å². The summed E-state index contributed by atoms with van der Waals surface area (Å²) in [5, 5.41) is 33.0. The number of benzene rings is 1. The van der Waals surface area contributed by atoms with Crippen molar-refractivity contribution < 1.29 is 86.6 Å². The number of carboxylic acid groups (broad SMARTS) is 2. The van der Waals surface area contributed by atoms with Crippen LogP contribution in [0.3, 0.4) is 0 Å². The van der Waals surface area contributed by atoms with Crippen molar-refractivity contribution >= 4 is 23.4 Å². The van der Waals surface area contributed by atoms with Crippen LogP contribution in [0.4, 0.5) is 62.8 Å². The highest BCUT2D eigenvalue weighted by molar-refractivity contribution is 5.97. The van der Waals surface area contributed by atoms with Crippen LogP contribution < -0.4 is 0 Å². The molecule has 0 radical (unpaired) electrons. The summed E-state index contributed by atoms with van der Waals surface area (Å²) in [6.45, 7) is 1.92. The molecule has 0 amide bonds. The lowest BCUT2D eigenvalue weighted by molar-refractivity contribution is -0.449. The zero-order valence-corrected chi connectivity index (χ0v) is 26.3. The second kappa shape index (κ2) is 12.5. The maximum Gasteiger partial charge on any atom is 0.460 e.